The second kappa shape index (κ2) is 9.65. The molecule has 2 saturated heterocycles. The average Bonchev–Trinajstić information content (AvgIpc) is 3.18. The topological polar surface area (TPSA) is 50.1 Å². The summed E-state index contributed by atoms with van der Waals surface area (Å²) < 4.78 is 8.03. The van der Waals surface area contributed by atoms with Gasteiger partial charge in [-0.15, -0.1) is 0 Å². The minimum atomic E-state index is -0.321. The van der Waals surface area contributed by atoms with Crippen molar-refractivity contribution in [3.05, 3.63) is 72.2 Å². The van der Waals surface area contributed by atoms with Crippen LogP contribution < -0.4 is 0 Å². The molecule has 0 unspecified atom stereocenters. The molecule has 1 aromatic carbocycles. The summed E-state index contributed by atoms with van der Waals surface area (Å²) in [5.74, 6) is 0.609. The third kappa shape index (κ3) is 4.97. The van der Waals surface area contributed by atoms with Crippen LogP contribution in [0, 0.1) is 11.3 Å². The SMILES string of the molecule is CN1CCC(Cc2ccccc2)(C(=O)N2CCOC[C@@H](Cc3ccc4nccn4c3)C2)CC1. The molecule has 1 amide bonds. The second-order valence-electron chi connectivity index (χ2n) is 9.87. The third-order valence-electron chi connectivity index (χ3n) is 7.38. The van der Waals surface area contributed by atoms with Crippen LogP contribution >= 0.6 is 0 Å². The molecule has 6 nitrogen and oxygen atoms in total. The first-order valence-electron chi connectivity index (χ1n) is 12.1. The van der Waals surface area contributed by atoms with E-state index in [1.165, 1.54) is 11.1 Å². The van der Waals surface area contributed by atoms with Crippen LogP contribution in [0.2, 0.25) is 0 Å². The zero-order valence-corrected chi connectivity index (χ0v) is 19.5. The van der Waals surface area contributed by atoms with Gasteiger partial charge in [-0.05, 0) is 63.0 Å². The van der Waals surface area contributed by atoms with Crippen molar-refractivity contribution in [3.8, 4) is 0 Å². The van der Waals surface area contributed by atoms with Crippen LogP contribution in [0.3, 0.4) is 0 Å². The van der Waals surface area contributed by atoms with E-state index in [0.717, 1.165) is 51.0 Å². The number of nitrogens with zero attached hydrogens (tertiary/aromatic N) is 4. The summed E-state index contributed by atoms with van der Waals surface area (Å²) >= 11 is 0. The fraction of sp³-hybridized carbons (Fsp3) is 0.481. The van der Waals surface area contributed by atoms with E-state index in [9.17, 15) is 4.79 Å². The molecule has 2 aliphatic heterocycles. The van der Waals surface area contributed by atoms with Gasteiger partial charge >= 0.3 is 0 Å². The summed E-state index contributed by atoms with van der Waals surface area (Å²) in [6.45, 7) is 4.69. The Hall–Kier alpha value is -2.70. The first-order chi connectivity index (χ1) is 16.1. The number of hydrogen-bond acceptors (Lipinski definition) is 4. The summed E-state index contributed by atoms with van der Waals surface area (Å²) in [5, 5.41) is 0. The Morgan fingerprint density at radius 3 is 2.73 bits per heavy atom. The molecule has 0 N–H and O–H groups in total. The molecule has 4 heterocycles. The zero-order chi connectivity index (χ0) is 22.7. The van der Waals surface area contributed by atoms with Crippen LogP contribution in [0.1, 0.15) is 24.0 Å². The van der Waals surface area contributed by atoms with Gasteiger partial charge in [-0.25, -0.2) is 4.98 Å². The Bertz CT molecular complexity index is 1070. The lowest BCUT2D eigenvalue weighted by Crippen LogP contribution is -2.52. The van der Waals surface area contributed by atoms with Gasteiger partial charge in [-0.2, -0.15) is 0 Å². The molecule has 3 aromatic rings. The monoisotopic (exact) mass is 446 g/mol. The quantitative estimate of drug-likeness (QED) is 0.603. The molecule has 174 valence electrons. The van der Waals surface area contributed by atoms with Crippen LogP contribution in [0.15, 0.2) is 61.1 Å². The van der Waals surface area contributed by atoms with E-state index in [1.807, 2.05) is 18.5 Å². The van der Waals surface area contributed by atoms with Crippen molar-refractivity contribution in [2.24, 2.45) is 11.3 Å². The highest BCUT2D eigenvalue weighted by Gasteiger charge is 2.43. The summed E-state index contributed by atoms with van der Waals surface area (Å²) in [5.41, 5.74) is 3.14. The van der Waals surface area contributed by atoms with Crippen LogP contribution in [0.5, 0.6) is 0 Å². The third-order valence-corrected chi connectivity index (χ3v) is 7.38. The first kappa shape index (κ1) is 22.1. The standard InChI is InChI=1S/C27H34N4O2/c1-29-12-9-27(10-13-29,18-22-5-3-2-4-6-22)26(32)31-15-16-33-21-24(20-31)17-23-7-8-25-28-11-14-30(25)19-23/h2-8,11,14,19,24H,9-10,12-13,15-18,20-21H2,1H3/t24-/m0/s1. The molecule has 0 bridgehead atoms. The number of rotatable bonds is 5. The number of benzene rings is 1. The van der Waals surface area contributed by atoms with Crippen molar-refractivity contribution in [3.63, 3.8) is 0 Å². The number of ether oxygens (including phenoxy) is 1. The van der Waals surface area contributed by atoms with E-state index < -0.39 is 0 Å². The Labute approximate surface area is 196 Å². The Kier molecular flexibility index (Phi) is 6.47. The maximum absolute atomic E-state index is 14.1. The molecule has 5 rings (SSSR count). The fourth-order valence-electron chi connectivity index (χ4n) is 5.44. The van der Waals surface area contributed by atoms with E-state index in [2.05, 4.69) is 68.8 Å². The minimum absolute atomic E-state index is 0.289. The number of pyridine rings is 1. The summed E-state index contributed by atoms with van der Waals surface area (Å²) in [4.78, 5) is 22.9. The van der Waals surface area contributed by atoms with Crippen molar-refractivity contribution in [2.75, 3.05) is 46.4 Å². The predicted octanol–water partition coefficient (Wildman–Crippen LogP) is 3.31. The lowest BCUT2D eigenvalue weighted by Gasteiger charge is -2.42. The van der Waals surface area contributed by atoms with Gasteiger partial charge in [0.25, 0.3) is 0 Å². The molecular formula is C27H34N4O2. The van der Waals surface area contributed by atoms with E-state index >= 15 is 0 Å². The molecule has 2 fully saturated rings. The zero-order valence-electron chi connectivity index (χ0n) is 19.5. The van der Waals surface area contributed by atoms with Gasteiger partial charge < -0.3 is 18.9 Å². The molecule has 33 heavy (non-hydrogen) atoms. The Morgan fingerprint density at radius 1 is 1.09 bits per heavy atom. The number of aromatic nitrogens is 2. The number of imidazole rings is 1. The van der Waals surface area contributed by atoms with Gasteiger partial charge in [-0.1, -0.05) is 36.4 Å². The molecule has 0 aliphatic carbocycles. The number of carbonyl (C=O) groups excluding carboxylic acids is 1. The van der Waals surface area contributed by atoms with Crippen LogP contribution in [0.25, 0.3) is 5.65 Å². The number of piperidine rings is 1. The average molecular weight is 447 g/mol. The van der Waals surface area contributed by atoms with E-state index in [0.29, 0.717) is 25.7 Å². The van der Waals surface area contributed by atoms with Crippen molar-refractivity contribution >= 4 is 11.6 Å². The molecule has 2 aliphatic rings. The number of hydrogen-bond donors (Lipinski definition) is 0. The highest BCUT2D eigenvalue weighted by atomic mass is 16.5. The Morgan fingerprint density at radius 2 is 1.91 bits per heavy atom. The number of carbonyl (C=O) groups is 1. The van der Waals surface area contributed by atoms with Crippen LogP contribution in [0.4, 0.5) is 0 Å². The summed E-state index contributed by atoms with van der Waals surface area (Å²) in [7, 11) is 2.16. The largest absolute Gasteiger partial charge is 0.379 e. The molecule has 2 aromatic heterocycles. The fourth-order valence-corrected chi connectivity index (χ4v) is 5.44. The van der Waals surface area contributed by atoms with Crippen LogP contribution in [-0.4, -0.2) is 71.5 Å². The van der Waals surface area contributed by atoms with Crippen molar-refractivity contribution in [1.29, 1.82) is 0 Å². The highest BCUT2D eigenvalue weighted by Crippen LogP contribution is 2.37. The maximum atomic E-state index is 14.1. The van der Waals surface area contributed by atoms with Gasteiger partial charge in [0.15, 0.2) is 0 Å². The smallest absolute Gasteiger partial charge is 0.229 e. The maximum Gasteiger partial charge on any atom is 0.229 e. The predicted molar refractivity (Wildman–Crippen MR) is 129 cm³/mol. The van der Waals surface area contributed by atoms with Crippen LogP contribution in [-0.2, 0) is 22.4 Å². The molecule has 0 saturated carbocycles. The molecular weight excluding hydrogens is 412 g/mol. The number of amides is 1. The van der Waals surface area contributed by atoms with Crippen molar-refractivity contribution in [2.45, 2.75) is 25.7 Å². The lowest BCUT2D eigenvalue weighted by molar-refractivity contribution is -0.145. The first-order valence-corrected chi connectivity index (χ1v) is 12.1. The molecule has 1 atom stereocenters. The van der Waals surface area contributed by atoms with E-state index in [4.69, 9.17) is 4.74 Å². The second-order valence-corrected chi connectivity index (χ2v) is 9.87. The van der Waals surface area contributed by atoms with Gasteiger partial charge in [-0.3, -0.25) is 4.79 Å². The number of likely N-dealkylation sites (tertiary alicyclic amines) is 1. The van der Waals surface area contributed by atoms with Crippen molar-refractivity contribution < 1.29 is 9.53 Å². The minimum Gasteiger partial charge on any atom is -0.379 e. The lowest BCUT2D eigenvalue weighted by atomic mass is 9.72. The molecule has 0 radical (unpaired) electrons. The van der Waals surface area contributed by atoms with E-state index in [-0.39, 0.29) is 11.3 Å². The van der Waals surface area contributed by atoms with Gasteiger partial charge in [0.05, 0.1) is 18.6 Å². The van der Waals surface area contributed by atoms with Gasteiger partial charge in [0.2, 0.25) is 5.91 Å². The normalized spacial score (nSPS) is 21.7. The number of fused-ring (bicyclic) bond motifs is 1. The van der Waals surface area contributed by atoms with Gasteiger partial charge in [0, 0.05) is 37.6 Å². The highest BCUT2D eigenvalue weighted by molar-refractivity contribution is 5.83. The Balaban J connectivity index is 1.34. The summed E-state index contributed by atoms with van der Waals surface area (Å²) in [6.07, 6.45) is 9.49. The van der Waals surface area contributed by atoms with E-state index in [1.54, 1.807) is 0 Å². The summed E-state index contributed by atoms with van der Waals surface area (Å²) in [6, 6.07) is 14.7. The van der Waals surface area contributed by atoms with Crippen molar-refractivity contribution in [1.82, 2.24) is 19.2 Å². The van der Waals surface area contributed by atoms with Gasteiger partial charge in [0.1, 0.15) is 5.65 Å². The molecule has 6 heteroatoms. The molecule has 0 spiro atoms.